The lowest BCUT2D eigenvalue weighted by Gasteiger charge is -2.08. The minimum atomic E-state index is -0.266. The summed E-state index contributed by atoms with van der Waals surface area (Å²) in [6, 6.07) is 14.7. The van der Waals surface area contributed by atoms with E-state index in [2.05, 4.69) is 15.6 Å². The lowest BCUT2D eigenvalue weighted by Crippen LogP contribution is -2.20. The van der Waals surface area contributed by atoms with E-state index in [1.54, 1.807) is 25.1 Å². The van der Waals surface area contributed by atoms with E-state index in [9.17, 15) is 9.59 Å². The van der Waals surface area contributed by atoms with E-state index in [1.165, 1.54) is 6.92 Å². The molecule has 0 fully saturated rings. The molecule has 0 unspecified atom stereocenters. The van der Waals surface area contributed by atoms with Gasteiger partial charge >= 0.3 is 0 Å². The second-order valence-corrected chi connectivity index (χ2v) is 6.66. The Bertz CT molecular complexity index is 1010. The number of hydrogen-bond acceptors (Lipinski definition) is 5. The first-order chi connectivity index (χ1) is 13.9. The Morgan fingerprint density at radius 3 is 2.59 bits per heavy atom. The van der Waals surface area contributed by atoms with Crippen molar-refractivity contribution in [2.24, 2.45) is 0 Å². The van der Waals surface area contributed by atoms with Crippen LogP contribution in [0.15, 0.2) is 52.9 Å². The molecule has 0 aliphatic rings. The summed E-state index contributed by atoms with van der Waals surface area (Å²) in [7, 11) is 0. The first kappa shape index (κ1) is 20.1. The molecule has 3 aromatic rings. The van der Waals surface area contributed by atoms with E-state index in [-0.39, 0.29) is 18.4 Å². The van der Waals surface area contributed by atoms with E-state index in [4.69, 9.17) is 9.15 Å². The highest BCUT2D eigenvalue weighted by atomic mass is 16.5. The quantitative estimate of drug-likeness (QED) is 0.640. The second kappa shape index (κ2) is 9.05. The van der Waals surface area contributed by atoms with Gasteiger partial charge in [0.1, 0.15) is 17.2 Å². The van der Waals surface area contributed by atoms with Crippen molar-refractivity contribution in [1.82, 2.24) is 10.3 Å². The molecule has 0 saturated carbocycles. The molecule has 1 aromatic heterocycles. The number of hydrogen-bond donors (Lipinski definition) is 2. The minimum Gasteiger partial charge on any atom is -0.484 e. The third kappa shape index (κ3) is 5.68. The van der Waals surface area contributed by atoms with E-state index in [0.29, 0.717) is 35.3 Å². The molecule has 150 valence electrons. The molecule has 0 spiro atoms. The van der Waals surface area contributed by atoms with Gasteiger partial charge in [0.2, 0.25) is 11.8 Å². The Labute approximate surface area is 169 Å². The number of rotatable bonds is 7. The summed E-state index contributed by atoms with van der Waals surface area (Å²) in [6.07, 6.45) is 0. The summed E-state index contributed by atoms with van der Waals surface area (Å²) in [6.45, 7) is 5.44. The van der Waals surface area contributed by atoms with Crippen LogP contribution in [0.4, 0.5) is 5.69 Å². The van der Waals surface area contributed by atoms with Crippen molar-refractivity contribution in [3.8, 4) is 17.2 Å². The van der Waals surface area contributed by atoms with Crippen molar-refractivity contribution in [1.29, 1.82) is 0 Å². The first-order valence-electron chi connectivity index (χ1n) is 9.21. The summed E-state index contributed by atoms with van der Waals surface area (Å²) in [5, 5.41) is 5.51. The van der Waals surface area contributed by atoms with Gasteiger partial charge in [-0.3, -0.25) is 9.59 Å². The number of oxazole rings is 1. The molecule has 29 heavy (non-hydrogen) atoms. The third-order valence-electron chi connectivity index (χ3n) is 4.18. The van der Waals surface area contributed by atoms with Crippen molar-refractivity contribution in [3.63, 3.8) is 0 Å². The summed E-state index contributed by atoms with van der Waals surface area (Å²) >= 11 is 0. The summed E-state index contributed by atoms with van der Waals surface area (Å²) in [5.74, 6) is 1.30. The second-order valence-electron chi connectivity index (χ2n) is 6.66. The third-order valence-corrected chi connectivity index (χ3v) is 4.18. The zero-order chi connectivity index (χ0) is 20.8. The van der Waals surface area contributed by atoms with Crippen LogP contribution in [0, 0.1) is 13.8 Å². The van der Waals surface area contributed by atoms with Crippen LogP contribution in [0.5, 0.6) is 5.75 Å². The zero-order valence-corrected chi connectivity index (χ0v) is 16.6. The number of amides is 2. The van der Waals surface area contributed by atoms with Crippen molar-refractivity contribution in [2.45, 2.75) is 27.3 Å². The average molecular weight is 393 g/mol. The SMILES string of the molecule is CC(=O)NCc1nc(-c2cccc(NC(=O)COc3ccc(C)cc3)c2)oc1C. The van der Waals surface area contributed by atoms with Crippen LogP contribution in [0.2, 0.25) is 0 Å². The van der Waals surface area contributed by atoms with E-state index in [1.807, 2.05) is 37.3 Å². The Hall–Kier alpha value is -3.61. The van der Waals surface area contributed by atoms with Crippen molar-refractivity contribution >= 4 is 17.5 Å². The molecule has 3 rings (SSSR count). The number of nitrogens with zero attached hydrogens (tertiary/aromatic N) is 1. The lowest BCUT2D eigenvalue weighted by molar-refractivity contribution is -0.119. The number of aryl methyl sites for hydroxylation is 2. The summed E-state index contributed by atoms with van der Waals surface area (Å²) in [5.41, 5.74) is 3.12. The molecular formula is C22H23N3O4. The molecule has 2 amide bonds. The van der Waals surface area contributed by atoms with Crippen molar-refractivity contribution in [3.05, 3.63) is 65.5 Å². The Morgan fingerprint density at radius 1 is 1.10 bits per heavy atom. The molecule has 1 heterocycles. The molecule has 2 aromatic carbocycles. The van der Waals surface area contributed by atoms with Crippen molar-refractivity contribution in [2.75, 3.05) is 11.9 Å². The van der Waals surface area contributed by atoms with Crippen LogP contribution >= 0.6 is 0 Å². The van der Waals surface area contributed by atoms with Gasteiger partial charge in [0.25, 0.3) is 5.91 Å². The predicted octanol–water partition coefficient (Wildman–Crippen LogP) is 3.61. The number of carbonyl (C=O) groups excluding carboxylic acids is 2. The highest BCUT2D eigenvalue weighted by molar-refractivity contribution is 5.92. The number of carbonyl (C=O) groups is 2. The van der Waals surface area contributed by atoms with E-state index in [0.717, 1.165) is 11.1 Å². The molecular weight excluding hydrogens is 370 g/mol. The number of aromatic nitrogens is 1. The number of anilines is 1. The standard InChI is InChI=1S/C22H23N3O4/c1-14-7-9-19(10-8-14)28-13-21(27)24-18-6-4-5-17(11-18)22-25-20(15(2)29-22)12-23-16(3)26/h4-11H,12-13H2,1-3H3,(H,23,26)(H,24,27). The van der Waals surface area contributed by atoms with Gasteiger partial charge < -0.3 is 19.8 Å². The van der Waals surface area contributed by atoms with Gasteiger partial charge in [0.05, 0.1) is 6.54 Å². The van der Waals surface area contributed by atoms with E-state index >= 15 is 0 Å². The van der Waals surface area contributed by atoms with Gasteiger partial charge in [0.15, 0.2) is 6.61 Å². The topological polar surface area (TPSA) is 93.5 Å². The summed E-state index contributed by atoms with van der Waals surface area (Å²) in [4.78, 5) is 27.7. The fourth-order valence-electron chi connectivity index (χ4n) is 2.63. The molecule has 0 bridgehead atoms. The lowest BCUT2D eigenvalue weighted by atomic mass is 10.2. The fourth-order valence-corrected chi connectivity index (χ4v) is 2.63. The number of benzene rings is 2. The average Bonchev–Trinajstić information content (AvgIpc) is 3.07. The first-order valence-corrected chi connectivity index (χ1v) is 9.21. The van der Waals surface area contributed by atoms with Gasteiger partial charge in [0, 0.05) is 18.2 Å². The largest absolute Gasteiger partial charge is 0.484 e. The molecule has 0 atom stereocenters. The van der Waals surface area contributed by atoms with Crippen LogP contribution in [-0.2, 0) is 16.1 Å². The minimum absolute atomic E-state index is 0.0910. The van der Waals surface area contributed by atoms with Gasteiger partial charge in [-0.25, -0.2) is 4.98 Å². The monoisotopic (exact) mass is 393 g/mol. The van der Waals surface area contributed by atoms with Crippen LogP contribution in [0.1, 0.15) is 23.9 Å². The molecule has 0 aliphatic carbocycles. The maximum absolute atomic E-state index is 12.2. The van der Waals surface area contributed by atoms with Crippen molar-refractivity contribution < 1.29 is 18.7 Å². The van der Waals surface area contributed by atoms with Gasteiger partial charge in [-0.05, 0) is 44.2 Å². The molecule has 7 nitrogen and oxygen atoms in total. The molecule has 2 N–H and O–H groups in total. The number of ether oxygens (including phenoxy) is 1. The molecule has 0 aliphatic heterocycles. The Kier molecular flexibility index (Phi) is 6.29. The maximum Gasteiger partial charge on any atom is 0.262 e. The van der Waals surface area contributed by atoms with Gasteiger partial charge in [-0.2, -0.15) is 0 Å². The smallest absolute Gasteiger partial charge is 0.262 e. The number of nitrogens with one attached hydrogen (secondary N) is 2. The predicted molar refractivity (Wildman–Crippen MR) is 110 cm³/mol. The molecule has 0 radical (unpaired) electrons. The van der Waals surface area contributed by atoms with E-state index < -0.39 is 0 Å². The van der Waals surface area contributed by atoms with Crippen LogP contribution < -0.4 is 15.4 Å². The molecule has 0 saturated heterocycles. The molecule has 7 heteroatoms. The maximum atomic E-state index is 12.2. The van der Waals surface area contributed by atoms with Crippen LogP contribution in [0.3, 0.4) is 0 Å². The van der Waals surface area contributed by atoms with Gasteiger partial charge in [-0.1, -0.05) is 23.8 Å². The Balaban J connectivity index is 1.63. The van der Waals surface area contributed by atoms with Gasteiger partial charge in [-0.15, -0.1) is 0 Å². The normalized spacial score (nSPS) is 10.4. The highest BCUT2D eigenvalue weighted by Crippen LogP contribution is 2.24. The van der Waals surface area contributed by atoms with Crippen LogP contribution in [0.25, 0.3) is 11.5 Å². The highest BCUT2D eigenvalue weighted by Gasteiger charge is 2.13. The zero-order valence-electron chi connectivity index (χ0n) is 16.6. The fraction of sp³-hybridized carbons (Fsp3) is 0.227. The van der Waals surface area contributed by atoms with Crippen LogP contribution in [-0.4, -0.2) is 23.4 Å². The Morgan fingerprint density at radius 2 is 1.86 bits per heavy atom. The summed E-state index contributed by atoms with van der Waals surface area (Å²) < 4.78 is 11.2.